The average Bonchev–Trinajstić information content (AvgIpc) is 2.98. The fourth-order valence-electron chi connectivity index (χ4n) is 2.60. The van der Waals surface area contributed by atoms with Crippen molar-refractivity contribution in [2.75, 3.05) is 27.6 Å². The van der Waals surface area contributed by atoms with Gasteiger partial charge in [-0.3, -0.25) is 4.79 Å². The van der Waals surface area contributed by atoms with Crippen molar-refractivity contribution >= 4 is 114 Å². The molecule has 4 atom stereocenters. The number of hydrogen-bond acceptors (Lipinski definition) is 10. The van der Waals surface area contributed by atoms with E-state index in [-0.39, 0.29) is 24.0 Å². The molecule has 0 radical (unpaired) electrons. The molecule has 0 aliphatic heterocycles. The van der Waals surface area contributed by atoms with Gasteiger partial charge in [-0.25, -0.2) is 18.6 Å². The largest absolute Gasteiger partial charge is 0.387 e. The molecule has 0 saturated carbocycles. The first-order chi connectivity index (χ1) is 18.7. The van der Waals surface area contributed by atoms with Crippen molar-refractivity contribution in [3.63, 3.8) is 0 Å². The number of halogens is 7. The Morgan fingerprint density at radius 3 is 1.62 bits per heavy atom. The van der Waals surface area contributed by atoms with Crippen LogP contribution in [-0.4, -0.2) is 60.6 Å². The quantitative estimate of drug-likeness (QED) is 0.0544. The first kappa shape index (κ1) is 43.1. The van der Waals surface area contributed by atoms with Crippen LogP contribution in [0.2, 0.25) is 0 Å². The van der Waals surface area contributed by atoms with E-state index in [2.05, 4.69) is 61.0 Å². The summed E-state index contributed by atoms with van der Waals surface area (Å²) < 4.78 is 34.5. The highest BCUT2D eigenvalue weighted by Gasteiger charge is 2.25. The Bertz CT molecular complexity index is 921. The molecular formula is C22H29Cl2F2I3N2O7S2. The van der Waals surface area contributed by atoms with Crippen molar-refractivity contribution in [1.29, 1.82) is 0 Å². The van der Waals surface area contributed by atoms with E-state index < -0.39 is 48.4 Å². The van der Waals surface area contributed by atoms with Crippen LogP contribution in [0.15, 0.2) is 58.3 Å². The molecule has 0 saturated heterocycles. The lowest BCUT2D eigenvalue weighted by atomic mass is 10.0. The topological polar surface area (TPSA) is 132 Å². The molecule has 0 heterocycles. The van der Waals surface area contributed by atoms with E-state index in [9.17, 15) is 23.8 Å². The van der Waals surface area contributed by atoms with E-state index in [0.29, 0.717) is 11.1 Å². The third kappa shape index (κ3) is 17.3. The van der Waals surface area contributed by atoms with Gasteiger partial charge >= 0.3 is 0 Å². The number of rotatable bonds is 14. The number of amides is 1. The van der Waals surface area contributed by atoms with Crippen LogP contribution in [0.1, 0.15) is 23.3 Å². The van der Waals surface area contributed by atoms with Gasteiger partial charge in [-0.05, 0) is 35.4 Å². The second-order valence-electron chi connectivity index (χ2n) is 7.05. The van der Waals surface area contributed by atoms with Crippen LogP contribution in [0, 0.1) is 0 Å². The number of carbonyl (C=O) groups is 1. The second kappa shape index (κ2) is 26.4. The van der Waals surface area contributed by atoms with Crippen LogP contribution in [0.5, 0.6) is 0 Å². The van der Waals surface area contributed by atoms with Gasteiger partial charge in [0.05, 0.1) is 56.5 Å². The summed E-state index contributed by atoms with van der Waals surface area (Å²) in [6.07, 6.45) is -2.22. The minimum atomic E-state index is -1.32. The summed E-state index contributed by atoms with van der Waals surface area (Å²) in [5, 5.41) is 21.9. The zero-order chi connectivity index (χ0) is 29.8. The Hall–Kier alpha value is 0.960. The van der Waals surface area contributed by atoms with Gasteiger partial charge in [0.15, 0.2) is 4.84 Å². The third-order valence-electron chi connectivity index (χ3n) is 4.50. The summed E-state index contributed by atoms with van der Waals surface area (Å²) in [4.78, 5) is 20.4. The maximum absolute atomic E-state index is 13.0. The highest BCUT2D eigenvalue weighted by molar-refractivity contribution is 15.0. The standard InChI is InChI=1S/C12H14Cl2FNO4S.C10H14FNO3S.I2.HI/c1-19-20-21-8-4-2-7(3-5-8)10(17)9(6-15)16-12(18)11(13)14;1-14-15-16-8-4-2-7(3-5-8)10(13)9(12)6-11;1-2;/h2-5,9-11,17H,6H2,1H3,(H,16,18);2-5,9-10,13H,6,12H2,1H3;;1H/t2*9-,10-;;/m11../s1. The molecule has 0 aromatic heterocycles. The van der Waals surface area contributed by atoms with Crippen molar-refractivity contribution in [3.8, 4) is 0 Å². The predicted molar refractivity (Wildman–Crippen MR) is 182 cm³/mol. The molecule has 0 aliphatic rings. The molecule has 0 unspecified atom stereocenters. The number of aliphatic hydroxyl groups is 2. The van der Waals surface area contributed by atoms with Crippen LogP contribution < -0.4 is 11.1 Å². The van der Waals surface area contributed by atoms with Crippen LogP contribution >= 0.6 is 108 Å². The molecule has 0 spiro atoms. The van der Waals surface area contributed by atoms with E-state index >= 15 is 0 Å². The van der Waals surface area contributed by atoms with Gasteiger partial charge in [-0.15, -0.1) is 24.0 Å². The molecule has 230 valence electrons. The molecule has 5 N–H and O–H groups in total. The number of hydrogen-bond donors (Lipinski definition) is 4. The maximum atomic E-state index is 13.0. The van der Waals surface area contributed by atoms with Crippen molar-refractivity contribution in [2.45, 2.75) is 38.9 Å². The number of benzene rings is 2. The highest BCUT2D eigenvalue weighted by atomic mass is 128. The second-order valence-corrected chi connectivity index (χ2v) is 9.70. The smallest absolute Gasteiger partial charge is 0.253 e. The van der Waals surface area contributed by atoms with Crippen molar-refractivity contribution in [2.24, 2.45) is 5.73 Å². The summed E-state index contributed by atoms with van der Waals surface area (Å²) in [6, 6.07) is 11.2. The molecule has 40 heavy (non-hydrogen) atoms. The van der Waals surface area contributed by atoms with Crippen LogP contribution in [0.3, 0.4) is 0 Å². The van der Waals surface area contributed by atoms with Crippen LogP contribution in [-0.2, 0) is 23.2 Å². The minimum Gasteiger partial charge on any atom is -0.387 e. The number of nitrogens with two attached hydrogens (primary N) is 1. The lowest BCUT2D eigenvalue weighted by Crippen LogP contribution is -2.43. The van der Waals surface area contributed by atoms with Gasteiger partial charge in [0.1, 0.15) is 19.5 Å². The van der Waals surface area contributed by atoms with Gasteiger partial charge in [0, 0.05) is 47.0 Å². The summed E-state index contributed by atoms with van der Waals surface area (Å²) in [5.74, 6) is -0.763. The lowest BCUT2D eigenvalue weighted by molar-refractivity contribution is -0.160. The normalized spacial score (nSPS) is 13.4. The van der Waals surface area contributed by atoms with E-state index in [0.717, 1.165) is 33.9 Å². The highest BCUT2D eigenvalue weighted by Crippen LogP contribution is 2.24. The fourth-order valence-corrected chi connectivity index (χ4v) is 3.51. The van der Waals surface area contributed by atoms with Gasteiger partial charge in [-0.1, -0.05) is 47.5 Å². The Kier molecular flexibility index (Phi) is 28.4. The molecule has 2 rings (SSSR count). The van der Waals surface area contributed by atoms with Crippen molar-refractivity contribution in [1.82, 2.24) is 5.32 Å². The number of alkyl halides is 4. The van der Waals surface area contributed by atoms with Crippen LogP contribution in [0.4, 0.5) is 8.78 Å². The predicted octanol–water partition coefficient (Wildman–Crippen LogP) is 6.55. The Labute approximate surface area is 290 Å². The zero-order valence-corrected chi connectivity index (χ0v) is 30.7. The Balaban J connectivity index is 0. The Morgan fingerprint density at radius 2 is 1.30 bits per heavy atom. The molecule has 2 aromatic carbocycles. The molecule has 1 amide bonds. The molecule has 0 bridgehead atoms. The lowest BCUT2D eigenvalue weighted by Gasteiger charge is -2.22. The molecule has 0 aliphatic carbocycles. The molecule has 18 heteroatoms. The van der Waals surface area contributed by atoms with Gasteiger partial charge in [-0.2, -0.15) is 8.67 Å². The van der Waals surface area contributed by atoms with Gasteiger partial charge < -0.3 is 21.3 Å². The zero-order valence-electron chi connectivity index (χ0n) is 20.9. The maximum Gasteiger partial charge on any atom is 0.253 e. The van der Waals surface area contributed by atoms with E-state index in [1.807, 2.05) is 0 Å². The Morgan fingerprint density at radius 1 is 0.900 bits per heavy atom. The molecule has 2 aromatic rings. The molecule has 0 fully saturated rings. The van der Waals surface area contributed by atoms with Gasteiger partial charge in [0.2, 0.25) is 0 Å². The number of carbonyl (C=O) groups excluding carboxylic acids is 1. The summed E-state index contributed by atoms with van der Waals surface area (Å²) in [7, 11) is 2.78. The summed E-state index contributed by atoms with van der Waals surface area (Å²) in [6.45, 7) is -1.72. The average molecular weight is 987 g/mol. The summed E-state index contributed by atoms with van der Waals surface area (Å²) in [5.41, 5.74) is 6.40. The molecule has 9 nitrogen and oxygen atoms in total. The number of nitrogens with one attached hydrogen (secondary N) is 1. The SMILES string of the molecule is COOSc1ccc([C@@H](O)[C@@H](CF)NC(=O)C(Cl)Cl)cc1.COOSc1ccc([C@@H](O)[C@H](N)CF)cc1.I.II. The monoisotopic (exact) mass is 986 g/mol. The van der Waals surface area contributed by atoms with Crippen LogP contribution in [0.25, 0.3) is 0 Å². The van der Waals surface area contributed by atoms with E-state index in [1.165, 1.54) is 14.2 Å². The number of aliphatic hydroxyl groups excluding tert-OH is 2. The fraction of sp³-hybridized carbons (Fsp3) is 0.409. The summed E-state index contributed by atoms with van der Waals surface area (Å²) >= 11 is 17.0. The van der Waals surface area contributed by atoms with E-state index in [1.54, 1.807) is 48.5 Å². The molecular weight excluding hydrogens is 958 g/mol. The van der Waals surface area contributed by atoms with Gasteiger partial charge in [0.25, 0.3) is 5.91 Å². The van der Waals surface area contributed by atoms with Crippen molar-refractivity contribution in [3.05, 3.63) is 59.7 Å². The van der Waals surface area contributed by atoms with Crippen molar-refractivity contribution < 1.29 is 42.2 Å². The first-order valence-electron chi connectivity index (χ1n) is 10.6. The van der Waals surface area contributed by atoms with E-state index in [4.69, 9.17) is 28.9 Å². The minimum absolute atomic E-state index is 0. The third-order valence-corrected chi connectivity index (χ3v) is 6.23. The first-order valence-corrected chi connectivity index (χ1v) is 19.2.